The van der Waals surface area contributed by atoms with Crippen molar-refractivity contribution in [3.63, 3.8) is 0 Å². The lowest BCUT2D eigenvalue weighted by atomic mass is 9.87. The minimum absolute atomic E-state index is 0.214. The zero-order valence-electron chi connectivity index (χ0n) is 12.3. The second-order valence-electron chi connectivity index (χ2n) is 5.83. The monoisotopic (exact) mass is 276 g/mol. The normalized spacial score (nSPS) is 13.2. The fraction of sp³-hybridized carbons (Fsp3) is 0.467. The van der Waals surface area contributed by atoms with Gasteiger partial charge in [-0.1, -0.05) is 25.9 Å². The van der Waals surface area contributed by atoms with Crippen LogP contribution in [0.25, 0.3) is 11.4 Å². The van der Waals surface area contributed by atoms with Gasteiger partial charge in [-0.15, -0.1) is 0 Å². The second kappa shape index (κ2) is 5.63. The van der Waals surface area contributed by atoms with Crippen molar-refractivity contribution >= 4 is 0 Å². The molecule has 0 spiro atoms. The standard InChI is InChI=1S/C15H20N2O3/c1-15(2,3)12(18)9-13-16-14(17-20-13)10-5-7-11(19-4)8-6-10/h5-8,12,18H,9H2,1-4H3. The van der Waals surface area contributed by atoms with E-state index in [-0.39, 0.29) is 5.41 Å². The first-order valence-electron chi connectivity index (χ1n) is 6.55. The third kappa shape index (κ3) is 3.36. The summed E-state index contributed by atoms with van der Waals surface area (Å²) in [7, 11) is 1.62. The van der Waals surface area contributed by atoms with Crippen molar-refractivity contribution in [3.8, 4) is 17.1 Å². The molecule has 0 bridgehead atoms. The van der Waals surface area contributed by atoms with E-state index in [2.05, 4.69) is 10.1 Å². The zero-order chi connectivity index (χ0) is 14.8. The van der Waals surface area contributed by atoms with Crippen molar-refractivity contribution in [2.75, 3.05) is 7.11 Å². The molecule has 0 radical (unpaired) electrons. The highest BCUT2D eigenvalue weighted by atomic mass is 16.5. The van der Waals surface area contributed by atoms with Gasteiger partial charge in [-0.25, -0.2) is 0 Å². The Morgan fingerprint density at radius 2 is 1.90 bits per heavy atom. The van der Waals surface area contributed by atoms with Crippen LogP contribution in [0.4, 0.5) is 0 Å². The van der Waals surface area contributed by atoms with Crippen LogP contribution >= 0.6 is 0 Å². The number of aliphatic hydroxyl groups is 1. The number of ether oxygens (including phenoxy) is 1. The van der Waals surface area contributed by atoms with Crippen molar-refractivity contribution in [3.05, 3.63) is 30.2 Å². The molecule has 0 aliphatic heterocycles. The van der Waals surface area contributed by atoms with Crippen molar-refractivity contribution < 1.29 is 14.4 Å². The Labute approximate surface area is 118 Å². The quantitative estimate of drug-likeness (QED) is 0.929. The number of aliphatic hydroxyl groups excluding tert-OH is 1. The average Bonchev–Trinajstić information content (AvgIpc) is 2.86. The van der Waals surface area contributed by atoms with Crippen LogP contribution in [0.5, 0.6) is 5.75 Å². The number of hydrogen-bond acceptors (Lipinski definition) is 5. The molecule has 2 rings (SSSR count). The van der Waals surface area contributed by atoms with E-state index < -0.39 is 6.10 Å². The van der Waals surface area contributed by atoms with Crippen LogP contribution < -0.4 is 4.74 Å². The summed E-state index contributed by atoms with van der Waals surface area (Å²) in [6.07, 6.45) is -0.168. The van der Waals surface area contributed by atoms with E-state index in [1.54, 1.807) is 7.11 Å². The molecule has 1 N–H and O–H groups in total. The van der Waals surface area contributed by atoms with E-state index in [1.807, 2.05) is 45.0 Å². The van der Waals surface area contributed by atoms with Crippen LogP contribution in [0.15, 0.2) is 28.8 Å². The highest BCUT2D eigenvalue weighted by Crippen LogP contribution is 2.24. The molecule has 0 aliphatic carbocycles. The fourth-order valence-electron chi connectivity index (χ4n) is 1.67. The highest BCUT2D eigenvalue weighted by Gasteiger charge is 2.24. The van der Waals surface area contributed by atoms with Crippen molar-refractivity contribution in [2.24, 2.45) is 5.41 Å². The van der Waals surface area contributed by atoms with E-state index in [1.165, 1.54) is 0 Å². The molecule has 5 nitrogen and oxygen atoms in total. The van der Waals surface area contributed by atoms with Crippen LogP contribution in [0.1, 0.15) is 26.7 Å². The van der Waals surface area contributed by atoms with Crippen molar-refractivity contribution in [1.29, 1.82) is 0 Å². The molecule has 0 aliphatic rings. The van der Waals surface area contributed by atoms with Crippen LogP contribution in [-0.4, -0.2) is 28.5 Å². The Bertz CT molecular complexity index is 555. The van der Waals surface area contributed by atoms with E-state index in [0.29, 0.717) is 18.1 Å². The Morgan fingerprint density at radius 3 is 2.45 bits per heavy atom. The Balaban J connectivity index is 2.12. The van der Waals surface area contributed by atoms with E-state index in [0.717, 1.165) is 11.3 Å². The SMILES string of the molecule is COc1ccc(-c2noc(CC(O)C(C)(C)C)n2)cc1. The van der Waals surface area contributed by atoms with Crippen molar-refractivity contribution in [2.45, 2.75) is 33.3 Å². The maximum atomic E-state index is 10.0. The molecule has 0 fully saturated rings. The Hall–Kier alpha value is -1.88. The molecular formula is C15H20N2O3. The van der Waals surface area contributed by atoms with Gasteiger partial charge in [0.25, 0.3) is 0 Å². The molecule has 1 unspecified atom stereocenters. The maximum absolute atomic E-state index is 10.0. The largest absolute Gasteiger partial charge is 0.497 e. The number of benzene rings is 1. The smallest absolute Gasteiger partial charge is 0.229 e. The van der Waals surface area contributed by atoms with E-state index in [9.17, 15) is 5.11 Å². The molecule has 1 atom stereocenters. The number of hydrogen-bond donors (Lipinski definition) is 1. The average molecular weight is 276 g/mol. The summed E-state index contributed by atoms with van der Waals surface area (Å²) in [6.45, 7) is 5.91. The van der Waals surface area contributed by atoms with Gasteiger partial charge in [-0.2, -0.15) is 4.98 Å². The summed E-state index contributed by atoms with van der Waals surface area (Å²) in [5.74, 6) is 1.74. The fourth-order valence-corrected chi connectivity index (χ4v) is 1.67. The van der Waals surface area contributed by atoms with Gasteiger partial charge in [-0.05, 0) is 29.7 Å². The molecule has 1 aromatic heterocycles. The van der Waals surface area contributed by atoms with Gasteiger partial charge in [0.05, 0.1) is 19.6 Å². The highest BCUT2D eigenvalue weighted by molar-refractivity contribution is 5.55. The van der Waals surface area contributed by atoms with Crippen LogP contribution in [0.2, 0.25) is 0 Å². The van der Waals surface area contributed by atoms with Crippen molar-refractivity contribution in [1.82, 2.24) is 10.1 Å². The molecule has 20 heavy (non-hydrogen) atoms. The summed E-state index contributed by atoms with van der Waals surface area (Å²) < 4.78 is 10.3. The summed E-state index contributed by atoms with van der Waals surface area (Å²) in [5, 5.41) is 14.0. The van der Waals surface area contributed by atoms with E-state index in [4.69, 9.17) is 9.26 Å². The molecule has 0 saturated carbocycles. The zero-order valence-corrected chi connectivity index (χ0v) is 12.3. The molecule has 108 valence electrons. The summed E-state index contributed by atoms with van der Waals surface area (Å²) in [4.78, 5) is 4.31. The third-order valence-electron chi connectivity index (χ3n) is 3.18. The topological polar surface area (TPSA) is 68.4 Å². The molecule has 2 aromatic rings. The first kappa shape index (κ1) is 14.5. The Morgan fingerprint density at radius 1 is 1.25 bits per heavy atom. The van der Waals surface area contributed by atoms with Gasteiger partial charge in [0.15, 0.2) is 0 Å². The summed E-state index contributed by atoms with van der Waals surface area (Å²) >= 11 is 0. The lowest BCUT2D eigenvalue weighted by molar-refractivity contribution is 0.0565. The first-order valence-corrected chi connectivity index (χ1v) is 6.55. The molecule has 1 heterocycles. The van der Waals surface area contributed by atoms with Gasteiger partial charge in [0, 0.05) is 5.56 Å². The maximum Gasteiger partial charge on any atom is 0.229 e. The summed E-state index contributed by atoms with van der Waals surface area (Å²) in [6, 6.07) is 7.42. The predicted molar refractivity (Wildman–Crippen MR) is 75.5 cm³/mol. The molecule has 0 amide bonds. The summed E-state index contributed by atoms with van der Waals surface area (Å²) in [5.41, 5.74) is 0.639. The minimum Gasteiger partial charge on any atom is -0.497 e. The molecule has 1 aromatic carbocycles. The van der Waals surface area contributed by atoms with Gasteiger partial charge >= 0.3 is 0 Å². The Kier molecular flexibility index (Phi) is 4.09. The lowest BCUT2D eigenvalue weighted by Gasteiger charge is -2.24. The van der Waals surface area contributed by atoms with Gasteiger partial charge < -0.3 is 14.4 Å². The van der Waals surface area contributed by atoms with Crippen LogP contribution in [-0.2, 0) is 6.42 Å². The first-order chi connectivity index (χ1) is 9.40. The molecule has 5 heteroatoms. The predicted octanol–water partition coefficient (Wildman–Crippen LogP) is 2.69. The van der Waals surface area contributed by atoms with Gasteiger partial charge in [-0.3, -0.25) is 0 Å². The minimum atomic E-state index is -0.522. The van der Waals surface area contributed by atoms with Crippen LogP contribution in [0, 0.1) is 5.41 Å². The molecule has 0 saturated heterocycles. The molecular weight excluding hydrogens is 256 g/mol. The number of methoxy groups -OCH3 is 1. The van der Waals surface area contributed by atoms with Gasteiger partial charge in [0.2, 0.25) is 11.7 Å². The third-order valence-corrected chi connectivity index (χ3v) is 3.18. The number of nitrogens with zero attached hydrogens (tertiary/aromatic N) is 2. The number of rotatable bonds is 4. The second-order valence-corrected chi connectivity index (χ2v) is 5.83. The number of aromatic nitrogens is 2. The lowest BCUT2D eigenvalue weighted by Crippen LogP contribution is -2.28. The van der Waals surface area contributed by atoms with E-state index >= 15 is 0 Å². The van der Waals surface area contributed by atoms with Gasteiger partial charge in [0.1, 0.15) is 5.75 Å². The van der Waals surface area contributed by atoms with Crippen LogP contribution in [0.3, 0.4) is 0 Å².